The zero-order valence-corrected chi connectivity index (χ0v) is 12.6. The van der Waals surface area contributed by atoms with E-state index in [9.17, 15) is 13.6 Å². The van der Waals surface area contributed by atoms with Crippen molar-refractivity contribution in [2.24, 2.45) is 0 Å². The van der Waals surface area contributed by atoms with Gasteiger partial charge in [-0.25, -0.2) is 13.8 Å². The maximum Gasteiger partial charge on any atom is 0.261 e. The number of alkyl halides is 2. The number of amides is 1. The molecule has 0 spiro atoms. The molecule has 0 saturated heterocycles. The van der Waals surface area contributed by atoms with E-state index in [2.05, 4.69) is 10.3 Å². The first-order chi connectivity index (χ1) is 9.93. The fourth-order valence-electron chi connectivity index (χ4n) is 2.46. The molecule has 0 aliphatic heterocycles. The van der Waals surface area contributed by atoms with Gasteiger partial charge in [-0.3, -0.25) is 4.79 Å². The molecular weight excluding hydrogens is 318 g/mol. The SMILES string of the molecule is O=C(NC1CCC(F)(F)CC1)c1cc2cnc(Cl)cc2s1. The number of carbonyl (C=O) groups excluding carboxylic acids is 1. The zero-order chi connectivity index (χ0) is 15.0. The second-order valence-electron chi connectivity index (χ2n) is 5.26. The number of fused-ring (bicyclic) bond motifs is 1. The van der Waals surface area contributed by atoms with Crippen molar-refractivity contribution in [2.45, 2.75) is 37.6 Å². The highest BCUT2D eigenvalue weighted by molar-refractivity contribution is 7.20. The normalized spacial score (nSPS) is 18.8. The number of hydrogen-bond donors (Lipinski definition) is 1. The van der Waals surface area contributed by atoms with Gasteiger partial charge in [-0.05, 0) is 25.0 Å². The van der Waals surface area contributed by atoms with Crippen LogP contribution < -0.4 is 5.32 Å². The monoisotopic (exact) mass is 330 g/mol. The third-order valence-electron chi connectivity index (χ3n) is 3.64. The first-order valence-corrected chi connectivity index (χ1v) is 7.86. The number of aromatic nitrogens is 1. The van der Waals surface area contributed by atoms with Crippen LogP contribution in [0.25, 0.3) is 10.1 Å². The van der Waals surface area contributed by atoms with E-state index >= 15 is 0 Å². The van der Waals surface area contributed by atoms with Crippen molar-refractivity contribution in [1.82, 2.24) is 10.3 Å². The first kappa shape index (κ1) is 14.7. The van der Waals surface area contributed by atoms with Crippen molar-refractivity contribution >= 4 is 38.9 Å². The van der Waals surface area contributed by atoms with Crippen LogP contribution in [-0.2, 0) is 0 Å². The Bertz CT molecular complexity index is 679. The highest BCUT2D eigenvalue weighted by Gasteiger charge is 2.35. The summed E-state index contributed by atoms with van der Waals surface area (Å²) < 4.78 is 27.1. The number of pyridine rings is 1. The van der Waals surface area contributed by atoms with Crippen LogP contribution in [-0.4, -0.2) is 22.9 Å². The van der Waals surface area contributed by atoms with Crippen LogP contribution >= 0.6 is 22.9 Å². The molecule has 21 heavy (non-hydrogen) atoms. The minimum Gasteiger partial charge on any atom is -0.349 e. The van der Waals surface area contributed by atoms with Crippen LogP contribution in [0.2, 0.25) is 5.15 Å². The summed E-state index contributed by atoms with van der Waals surface area (Å²) in [7, 11) is 0. The Hall–Kier alpha value is -1.27. The van der Waals surface area contributed by atoms with Crippen LogP contribution in [0.4, 0.5) is 8.78 Å². The maximum absolute atomic E-state index is 13.1. The molecule has 2 aromatic rings. The third kappa shape index (κ3) is 3.32. The lowest BCUT2D eigenvalue weighted by atomic mass is 9.92. The molecule has 1 aliphatic carbocycles. The van der Waals surface area contributed by atoms with E-state index in [0.717, 1.165) is 10.1 Å². The number of carbonyl (C=O) groups is 1. The van der Waals surface area contributed by atoms with Gasteiger partial charge in [-0.2, -0.15) is 0 Å². The van der Waals surface area contributed by atoms with Crippen molar-refractivity contribution < 1.29 is 13.6 Å². The molecular formula is C14H13ClF2N2OS. The van der Waals surface area contributed by atoms with Crippen LogP contribution in [0.15, 0.2) is 18.3 Å². The predicted molar refractivity (Wildman–Crippen MR) is 79.3 cm³/mol. The lowest BCUT2D eigenvalue weighted by Crippen LogP contribution is -2.40. The number of hydrogen-bond acceptors (Lipinski definition) is 3. The summed E-state index contributed by atoms with van der Waals surface area (Å²) in [6, 6.07) is 3.28. The highest BCUT2D eigenvalue weighted by atomic mass is 35.5. The Kier molecular flexibility index (Phi) is 3.84. The lowest BCUT2D eigenvalue weighted by Gasteiger charge is -2.28. The first-order valence-electron chi connectivity index (χ1n) is 6.67. The molecule has 2 aromatic heterocycles. The summed E-state index contributed by atoms with van der Waals surface area (Å²) in [4.78, 5) is 16.7. The number of halogens is 3. The molecule has 0 atom stereocenters. The lowest BCUT2D eigenvalue weighted by molar-refractivity contribution is -0.0399. The molecule has 1 amide bonds. The Balaban J connectivity index is 1.69. The maximum atomic E-state index is 13.1. The Labute approximate surface area is 129 Å². The molecule has 1 aliphatic rings. The van der Waals surface area contributed by atoms with E-state index in [-0.39, 0.29) is 24.8 Å². The van der Waals surface area contributed by atoms with Gasteiger partial charge in [-0.15, -0.1) is 11.3 Å². The van der Waals surface area contributed by atoms with Gasteiger partial charge in [0, 0.05) is 35.2 Å². The standard InChI is InChI=1S/C14H13ClF2N2OS/c15-12-6-10-8(7-18-12)5-11(21-10)13(20)19-9-1-3-14(16,17)4-2-9/h5-7,9H,1-4H2,(H,19,20). The van der Waals surface area contributed by atoms with Crippen molar-refractivity contribution in [2.75, 3.05) is 0 Å². The Morgan fingerprint density at radius 1 is 1.38 bits per heavy atom. The van der Waals surface area contributed by atoms with Crippen LogP contribution in [0.1, 0.15) is 35.4 Å². The van der Waals surface area contributed by atoms with E-state index in [0.29, 0.717) is 22.9 Å². The second kappa shape index (κ2) is 5.50. The molecule has 7 heteroatoms. The van der Waals surface area contributed by atoms with Gasteiger partial charge in [0.25, 0.3) is 5.91 Å². The van der Waals surface area contributed by atoms with Gasteiger partial charge in [0.15, 0.2) is 0 Å². The van der Waals surface area contributed by atoms with Gasteiger partial charge in [0.1, 0.15) is 5.15 Å². The van der Waals surface area contributed by atoms with E-state index in [1.807, 2.05) is 0 Å². The van der Waals surface area contributed by atoms with E-state index < -0.39 is 5.92 Å². The van der Waals surface area contributed by atoms with Crippen LogP contribution in [0.5, 0.6) is 0 Å². The fraction of sp³-hybridized carbons (Fsp3) is 0.429. The van der Waals surface area contributed by atoms with Crippen molar-refractivity contribution in [3.63, 3.8) is 0 Å². The van der Waals surface area contributed by atoms with Crippen molar-refractivity contribution in [3.05, 3.63) is 28.4 Å². The van der Waals surface area contributed by atoms with Crippen LogP contribution in [0.3, 0.4) is 0 Å². The average molecular weight is 331 g/mol. The number of nitrogens with one attached hydrogen (secondary N) is 1. The number of rotatable bonds is 2. The number of thiophene rings is 1. The average Bonchev–Trinajstić information content (AvgIpc) is 2.84. The molecule has 3 nitrogen and oxygen atoms in total. The summed E-state index contributed by atoms with van der Waals surface area (Å²) in [5, 5.41) is 4.07. The Morgan fingerprint density at radius 2 is 2.10 bits per heavy atom. The van der Waals surface area contributed by atoms with E-state index in [1.165, 1.54) is 11.3 Å². The summed E-state index contributed by atoms with van der Waals surface area (Å²) in [5.41, 5.74) is 0. The van der Waals surface area contributed by atoms with Gasteiger partial charge in [0.2, 0.25) is 5.92 Å². The minimum absolute atomic E-state index is 0.163. The van der Waals surface area contributed by atoms with Crippen molar-refractivity contribution in [3.8, 4) is 0 Å². The topological polar surface area (TPSA) is 42.0 Å². The molecule has 0 bridgehead atoms. The number of nitrogens with zero attached hydrogens (tertiary/aromatic N) is 1. The molecule has 2 heterocycles. The van der Waals surface area contributed by atoms with Gasteiger partial charge in [0.05, 0.1) is 4.88 Å². The van der Waals surface area contributed by atoms with Crippen LogP contribution in [0, 0.1) is 0 Å². The van der Waals surface area contributed by atoms with E-state index in [4.69, 9.17) is 11.6 Å². The summed E-state index contributed by atoms with van der Waals surface area (Å²) in [5.74, 6) is -2.80. The molecule has 1 fully saturated rings. The summed E-state index contributed by atoms with van der Waals surface area (Å²) in [6.07, 6.45) is 1.92. The fourth-order valence-corrected chi connectivity index (χ4v) is 3.66. The highest BCUT2D eigenvalue weighted by Crippen LogP contribution is 2.33. The molecule has 0 aromatic carbocycles. The van der Waals surface area contributed by atoms with Gasteiger partial charge >= 0.3 is 0 Å². The second-order valence-corrected chi connectivity index (χ2v) is 6.73. The largest absolute Gasteiger partial charge is 0.349 e. The van der Waals surface area contributed by atoms with E-state index in [1.54, 1.807) is 18.3 Å². The Morgan fingerprint density at radius 3 is 2.81 bits per heavy atom. The molecule has 0 radical (unpaired) electrons. The molecule has 1 N–H and O–H groups in total. The molecule has 112 valence electrons. The third-order valence-corrected chi connectivity index (χ3v) is 4.95. The van der Waals surface area contributed by atoms with Gasteiger partial charge < -0.3 is 5.32 Å². The molecule has 3 rings (SSSR count). The minimum atomic E-state index is -2.58. The predicted octanol–water partition coefficient (Wildman–Crippen LogP) is 4.26. The smallest absolute Gasteiger partial charge is 0.261 e. The molecule has 1 saturated carbocycles. The molecule has 0 unspecified atom stereocenters. The quantitative estimate of drug-likeness (QED) is 0.836. The summed E-state index contributed by atoms with van der Waals surface area (Å²) >= 11 is 7.14. The zero-order valence-electron chi connectivity index (χ0n) is 11.0. The van der Waals surface area contributed by atoms with Gasteiger partial charge in [-0.1, -0.05) is 11.6 Å². The summed E-state index contributed by atoms with van der Waals surface area (Å²) in [6.45, 7) is 0. The van der Waals surface area contributed by atoms with Crippen molar-refractivity contribution in [1.29, 1.82) is 0 Å².